The van der Waals surface area contributed by atoms with Gasteiger partial charge in [-0.2, -0.15) is 5.10 Å². The summed E-state index contributed by atoms with van der Waals surface area (Å²) in [6.07, 6.45) is 10.1. The van der Waals surface area contributed by atoms with Crippen LogP contribution in [0.15, 0.2) is 30.0 Å². The Bertz CT molecular complexity index is 474. The zero-order valence-corrected chi connectivity index (χ0v) is 8.89. The molecule has 2 radical (unpaired) electrons. The fraction of sp³-hybridized carbons (Fsp3) is 0.273. The molecule has 1 aliphatic carbocycles. The van der Waals surface area contributed by atoms with Crippen LogP contribution in [0.1, 0.15) is 23.3 Å². The van der Waals surface area contributed by atoms with Crippen molar-refractivity contribution >= 4 is 19.2 Å². The second-order valence-corrected chi connectivity index (χ2v) is 3.75. The highest BCUT2D eigenvalue weighted by Gasteiger charge is 2.10. The molecule has 2 rings (SSSR count). The molecule has 2 N–H and O–H groups in total. The number of nitrogens with zero attached hydrogens (tertiary/aromatic N) is 2. The van der Waals surface area contributed by atoms with E-state index in [2.05, 4.69) is 23.3 Å². The van der Waals surface area contributed by atoms with Crippen LogP contribution in [0.25, 0.3) is 0 Å². The average Bonchev–Trinajstić information content (AvgIpc) is 2.61. The summed E-state index contributed by atoms with van der Waals surface area (Å²) in [5, 5.41) is 4.05. The molecule has 0 aliphatic heterocycles. The highest BCUT2D eigenvalue weighted by atomic mass is 16.1. The second kappa shape index (κ2) is 4.39. The summed E-state index contributed by atoms with van der Waals surface area (Å²) >= 11 is 0. The first-order chi connectivity index (χ1) is 7.66. The minimum absolute atomic E-state index is 0.139. The first-order valence-corrected chi connectivity index (χ1v) is 5.15. The molecule has 80 valence electrons. The van der Waals surface area contributed by atoms with Crippen molar-refractivity contribution < 1.29 is 4.79 Å². The van der Waals surface area contributed by atoms with E-state index in [-0.39, 0.29) is 5.69 Å². The number of primary amides is 1. The fourth-order valence-corrected chi connectivity index (χ4v) is 1.68. The molecule has 1 amide bonds. The third-order valence-electron chi connectivity index (χ3n) is 2.44. The monoisotopic (exact) mass is 213 g/mol. The molecule has 0 unspecified atom stereocenters. The van der Waals surface area contributed by atoms with E-state index >= 15 is 0 Å². The van der Waals surface area contributed by atoms with Crippen LogP contribution in [0.2, 0.25) is 0 Å². The Labute approximate surface area is 95.2 Å². The Kier molecular flexibility index (Phi) is 2.94. The van der Waals surface area contributed by atoms with Crippen molar-refractivity contribution in [3.63, 3.8) is 0 Å². The standard InChI is InChI=1S/C11H12BN3O/c12-9-7-15(14-10(9)11(13)16)6-8-4-2-1-3-5-8/h2,4-5,7H,1,3,6H2,(H2,13,16). The summed E-state index contributed by atoms with van der Waals surface area (Å²) in [5.41, 5.74) is 6.77. The van der Waals surface area contributed by atoms with Crippen molar-refractivity contribution in [2.45, 2.75) is 19.4 Å². The van der Waals surface area contributed by atoms with Gasteiger partial charge in [-0.1, -0.05) is 18.2 Å². The van der Waals surface area contributed by atoms with Crippen molar-refractivity contribution in [3.05, 3.63) is 35.7 Å². The molecule has 1 aromatic heterocycles. The molecule has 0 fully saturated rings. The van der Waals surface area contributed by atoms with Crippen molar-refractivity contribution in [3.8, 4) is 0 Å². The number of aromatic nitrogens is 2. The summed E-state index contributed by atoms with van der Waals surface area (Å²) in [6.45, 7) is 0.619. The molecule has 0 bridgehead atoms. The predicted molar refractivity (Wildman–Crippen MR) is 62.6 cm³/mol. The predicted octanol–water partition coefficient (Wildman–Crippen LogP) is 0.0522. The Morgan fingerprint density at radius 1 is 1.56 bits per heavy atom. The van der Waals surface area contributed by atoms with Gasteiger partial charge in [-0.3, -0.25) is 9.48 Å². The molecule has 1 heterocycles. The summed E-state index contributed by atoms with van der Waals surface area (Å²) in [7, 11) is 5.63. The van der Waals surface area contributed by atoms with Gasteiger partial charge in [0.05, 0.1) is 6.54 Å². The van der Waals surface area contributed by atoms with Gasteiger partial charge in [-0.25, -0.2) is 0 Å². The van der Waals surface area contributed by atoms with E-state index in [1.54, 1.807) is 10.9 Å². The minimum atomic E-state index is -0.593. The lowest BCUT2D eigenvalue weighted by Gasteiger charge is -2.06. The Morgan fingerprint density at radius 3 is 2.94 bits per heavy atom. The highest BCUT2D eigenvalue weighted by molar-refractivity contribution is 6.35. The maximum absolute atomic E-state index is 11.0. The van der Waals surface area contributed by atoms with Crippen molar-refractivity contribution in [1.82, 2.24) is 9.78 Å². The molecule has 0 saturated carbocycles. The lowest BCUT2D eigenvalue weighted by atomic mass is 9.97. The first kappa shape index (κ1) is 10.7. The molecule has 5 heteroatoms. The lowest BCUT2D eigenvalue weighted by Crippen LogP contribution is -2.20. The molecular formula is C11H12BN3O. The number of hydrogen-bond donors (Lipinski definition) is 1. The number of amides is 1. The van der Waals surface area contributed by atoms with Crippen molar-refractivity contribution in [2.24, 2.45) is 5.73 Å². The third-order valence-corrected chi connectivity index (χ3v) is 2.44. The van der Waals surface area contributed by atoms with Crippen molar-refractivity contribution in [1.29, 1.82) is 0 Å². The second-order valence-electron chi connectivity index (χ2n) is 3.75. The van der Waals surface area contributed by atoms with Crippen LogP contribution in [-0.4, -0.2) is 23.5 Å². The Balaban J connectivity index is 2.16. The van der Waals surface area contributed by atoms with E-state index in [4.69, 9.17) is 13.6 Å². The first-order valence-electron chi connectivity index (χ1n) is 5.15. The molecule has 0 spiro atoms. The highest BCUT2D eigenvalue weighted by Crippen LogP contribution is 2.11. The smallest absolute Gasteiger partial charge is 0.268 e. The largest absolute Gasteiger partial charge is 0.364 e. The van der Waals surface area contributed by atoms with Crippen LogP contribution in [0.3, 0.4) is 0 Å². The maximum Gasteiger partial charge on any atom is 0.268 e. The van der Waals surface area contributed by atoms with Crippen LogP contribution in [-0.2, 0) is 6.54 Å². The zero-order chi connectivity index (χ0) is 11.5. The normalized spacial score (nSPS) is 14.9. The Hall–Kier alpha value is -1.78. The van der Waals surface area contributed by atoms with E-state index in [0.717, 1.165) is 12.8 Å². The van der Waals surface area contributed by atoms with Gasteiger partial charge >= 0.3 is 0 Å². The van der Waals surface area contributed by atoms with Gasteiger partial charge < -0.3 is 5.73 Å². The Morgan fingerprint density at radius 2 is 2.38 bits per heavy atom. The minimum Gasteiger partial charge on any atom is -0.364 e. The summed E-state index contributed by atoms with van der Waals surface area (Å²) in [5.74, 6) is -0.593. The van der Waals surface area contributed by atoms with Gasteiger partial charge in [-0.15, -0.1) is 0 Å². The van der Waals surface area contributed by atoms with Gasteiger partial charge in [0.1, 0.15) is 13.5 Å². The van der Waals surface area contributed by atoms with E-state index in [9.17, 15) is 4.79 Å². The lowest BCUT2D eigenvalue weighted by molar-refractivity contribution is 0.0996. The number of rotatable bonds is 3. The van der Waals surface area contributed by atoms with E-state index in [0.29, 0.717) is 12.0 Å². The topological polar surface area (TPSA) is 60.9 Å². The molecule has 1 aliphatic rings. The summed E-state index contributed by atoms with van der Waals surface area (Å²) in [4.78, 5) is 11.0. The molecule has 1 aromatic rings. The summed E-state index contributed by atoms with van der Waals surface area (Å²) < 4.78 is 1.64. The van der Waals surface area contributed by atoms with Crippen LogP contribution in [0.4, 0.5) is 0 Å². The maximum atomic E-state index is 11.0. The van der Waals surface area contributed by atoms with Gasteiger partial charge in [-0.05, 0) is 23.9 Å². The summed E-state index contributed by atoms with van der Waals surface area (Å²) in [6, 6.07) is 0. The molecular weight excluding hydrogens is 201 g/mol. The van der Waals surface area contributed by atoms with Crippen LogP contribution < -0.4 is 11.2 Å². The molecule has 4 nitrogen and oxygen atoms in total. The number of allylic oxidation sites excluding steroid dienone is 4. The molecule has 0 aromatic carbocycles. The number of carbonyl (C=O) groups excluding carboxylic acids is 1. The van der Waals surface area contributed by atoms with Gasteiger partial charge in [0.15, 0.2) is 0 Å². The van der Waals surface area contributed by atoms with Crippen LogP contribution in [0, 0.1) is 0 Å². The van der Waals surface area contributed by atoms with Crippen LogP contribution >= 0.6 is 0 Å². The molecule has 0 atom stereocenters. The third kappa shape index (κ3) is 2.24. The van der Waals surface area contributed by atoms with E-state index < -0.39 is 5.91 Å². The number of carbonyl (C=O) groups is 1. The zero-order valence-electron chi connectivity index (χ0n) is 8.89. The quantitative estimate of drug-likeness (QED) is 0.721. The van der Waals surface area contributed by atoms with E-state index in [1.165, 1.54) is 5.57 Å². The van der Waals surface area contributed by atoms with Gasteiger partial charge in [0.2, 0.25) is 0 Å². The van der Waals surface area contributed by atoms with Crippen molar-refractivity contribution in [2.75, 3.05) is 0 Å². The molecule has 16 heavy (non-hydrogen) atoms. The molecule has 0 saturated heterocycles. The van der Waals surface area contributed by atoms with Crippen LogP contribution in [0.5, 0.6) is 0 Å². The van der Waals surface area contributed by atoms with Gasteiger partial charge in [0.25, 0.3) is 5.91 Å². The average molecular weight is 213 g/mol. The van der Waals surface area contributed by atoms with Gasteiger partial charge in [0, 0.05) is 6.20 Å². The fourth-order valence-electron chi connectivity index (χ4n) is 1.68. The number of nitrogens with two attached hydrogens (primary N) is 1. The number of hydrogen-bond acceptors (Lipinski definition) is 2. The SMILES string of the molecule is [B]c1cn(CC2=CCCC=C2)nc1C(N)=O. The van der Waals surface area contributed by atoms with E-state index in [1.807, 2.05) is 0 Å².